The zero-order valence-electron chi connectivity index (χ0n) is 16.4. The van der Waals surface area contributed by atoms with Crippen LogP contribution in [0.25, 0.3) is 0 Å². The molecule has 8 heteroatoms. The molecule has 1 amide bonds. The number of hydrogen-bond donors (Lipinski definition) is 1. The smallest absolute Gasteiger partial charge is 0.252 e. The molecule has 156 valence electrons. The first kappa shape index (κ1) is 20.5. The number of carbonyl (C=O) groups excluding carboxylic acids is 1. The molecule has 1 unspecified atom stereocenters. The summed E-state index contributed by atoms with van der Waals surface area (Å²) in [5, 5.41) is 4.85. The number of aromatic nitrogens is 1. The van der Waals surface area contributed by atoms with Crippen LogP contribution in [0.3, 0.4) is 0 Å². The lowest BCUT2D eigenvalue weighted by atomic mass is 9.67. The lowest BCUT2D eigenvalue weighted by Gasteiger charge is -2.37. The largest absolute Gasteiger partial charge is 0.355 e. The van der Waals surface area contributed by atoms with Crippen molar-refractivity contribution in [3.63, 3.8) is 0 Å². The number of amides is 1. The first-order valence-electron chi connectivity index (χ1n) is 10.2. The molecule has 0 radical (unpaired) electrons. The van der Waals surface area contributed by atoms with Crippen molar-refractivity contribution in [2.24, 2.45) is 11.3 Å². The zero-order valence-corrected chi connectivity index (χ0v) is 18.1. The van der Waals surface area contributed by atoms with E-state index in [-0.39, 0.29) is 23.8 Å². The molecule has 6 nitrogen and oxygen atoms in total. The summed E-state index contributed by atoms with van der Waals surface area (Å²) in [6, 6.07) is 7.29. The molecule has 0 bridgehead atoms. The summed E-state index contributed by atoms with van der Waals surface area (Å²) in [6.45, 7) is 1.28. The fourth-order valence-corrected chi connectivity index (χ4v) is 7.47. The molecular formula is C21H27N3O3S2. The second-order valence-corrected chi connectivity index (χ2v) is 11.2. The predicted octanol–water partition coefficient (Wildman–Crippen LogP) is 3.07. The van der Waals surface area contributed by atoms with Crippen LogP contribution in [0.5, 0.6) is 0 Å². The third-order valence-corrected chi connectivity index (χ3v) is 9.52. The highest BCUT2D eigenvalue weighted by Gasteiger charge is 2.53. The zero-order chi connectivity index (χ0) is 20.3. The van der Waals surface area contributed by atoms with Gasteiger partial charge in [0.2, 0.25) is 5.91 Å². The van der Waals surface area contributed by atoms with Gasteiger partial charge in [-0.2, -0.15) is 4.31 Å². The van der Waals surface area contributed by atoms with E-state index in [4.69, 9.17) is 0 Å². The molecule has 1 N–H and O–H groups in total. The van der Waals surface area contributed by atoms with E-state index in [9.17, 15) is 13.2 Å². The normalized spacial score (nSPS) is 22.0. The number of rotatable bonds is 6. The Hall–Kier alpha value is -1.77. The first-order chi connectivity index (χ1) is 14.0. The standard InChI is InChI=1S/C21H27N3O3S2/c25-20(23-13-8-17-6-11-22-12-7-17)18-15-24(16-21(18)9-2-1-3-10-21)29(26,27)19-5-4-14-28-19/h4-7,11-12,14,18H,1-3,8-10,13,15-16H2,(H,23,25). The number of sulfonamides is 1. The van der Waals surface area contributed by atoms with Crippen LogP contribution in [-0.2, 0) is 21.2 Å². The molecule has 2 aliphatic rings. The van der Waals surface area contributed by atoms with Crippen molar-refractivity contribution in [1.29, 1.82) is 0 Å². The molecular weight excluding hydrogens is 406 g/mol. The topological polar surface area (TPSA) is 79.4 Å². The Balaban J connectivity index is 1.48. The molecule has 1 spiro atoms. The van der Waals surface area contributed by atoms with E-state index in [1.54, 1.807) is 34.2 Å². The molecule has 1 aliphatic heterocycles. The van der Waals surface area contributed by atoms with E-state index in [0.29, 0.717) is 17.3 Å². The van der Waals surface area contributed by atoms with Crippen molar-refractivity contribution >= 4 is 27.3 Å². The van der Waals surface area contributed by atoms with E-state index in [1.165, 1.54) is 11.3 Å². The quantitative estimate of drug-likeness (QED) is 0.759. The van der Waals surface area contributed by atoms with Crippen LogP contribution >= 0.6 is 11.3 Å². The van der Waals surface area contributed by atoms with Gasteiger partial charge in [-0.05, 0) is 53.8 Å². The van der Waals surface area contributed by atoms with E-state index >= 15 is 0 Å². The van der Waals surface area contributed by atoms with Crippen LogP contribution in [0.1, 0.15) is 37.7 Å². The lowest BCUT2D eigenvalue weighted by molar-refractivity contribution is -0.128. The molecule has 2 fully saturated rings. The fourth-order valence-electron chi connectivity index (χ4n) is 4.77. The van der Waals surface area contributed by atoms with Gasteiger partial charge in [-0.1, -0.05) is 25.3 Å². The molecule has 1 atom stereocenters. The van der Waals surface area contributed by atoms with E-state index in [0.717, 1.165) is 44.1 Å². The van der Waals surface area contributed by atoms with Gasteiger partial charge in [0, 0.05) is 32.0 Å². The van der Waals surface area contributed by atoms with Crippen molar-refractivity contribution in [1.82, 2.24) is 14.6 Å². The third kappa shape index (κ3) is 4.25. The van der Waals surface area contributed by atoms with Crippen molar-refractivity contribution in [3.8, 4) is 0 Å². The van der Waals surface area contributed by atoms with E-state index in [1.807, 2.05) is 12.1 Å². The Morgan fingerprint density at radius 1 is 1.21 bits per heavy atom. The predicted molar refractivity (Wildman–Crippen MR) is 113 cm³/mol. The maximum atomic E-state index is 13.1. The number of hydrogen-bond acceptors (Lipinski definition) is 5. The van der Waals surface area contributed by atoms with Crippen LogP contribution in [0, 0.1) is 11.3 Å². The van der Waals surface area contributed by atoms with Crippen molar-refractivity contribution in [3.05, 3.63) is 47.6 Å². The number of carbonyl (C=O) groups is 1. The molecule has 29 heavy (non-hydrogen) atoms. The molecule has 3 heterocycles. The number of pyridine rings is 1. The van der Waals surface area contributed by atoms with Gasteiger partial charge in [-0.15, -0.1) is 11.3 Å². The average Bonchev–Trinajstić information content (AvgIpc) is 3.39. The van der Waals surface area contributed by atoms with Gasteiger partial charge in [0.15, 0.2) is 0 Å². The highest BCUT2D eigenvalue weighted by Crippen LogP contribution is 2.49. The van der Waals surface area contributed by atoms with Crippen LogP contribution in [0.2, 0.25) is 0 Å². The monoisotopic (exact) mass is 433 g/mol. The van der Waals surface area contributed by atoms with E-state index in [2.05, 4.69) is 10.3 Å². The lowest BCUT2D eigenvalue weighted by Crippen LogP contribution is -2.43. The van der Waals surface area contributed by atoms with Crippen molar-refractivity contribution < 1.29 is 13.2 Å². The Kier molecular flexibility index (Phi) is 6.03. The van der Waals surface area contributed by atoms with Gasteiger partial charge in [-0.3, -0.25) is 9.78 Å². The van der Waals surface area contributed by atoms with Crippen LogP contribution in [0.15, 0.2) is 46.2 Å². The minimum absolute atomic E-state index is 0.00941. The second-order valence-electron chi connectivity index (χ2n) is 8.10. The Morgan fingerprint density at radius 3 is 2.66 bits per heavy atom. The Labute approximate surface area is 176 Å². The van der Waals surface area contributed by atoms with Gasteiger partial charge in [0.25, 0.3) is 10.0 Å². The van der Waals surface area contributed by atoms with Gasteiger partial charge >= 0.3 is 0 Å². The van der Waals surface area contributed by atoms with Crippen LogP contribution in [-0.4, -0.2) is 43.2 Å². The van der Waals surface area contributed by atoms with Crippen molar-refractivity contribution in [2.45, 2.75) is 42.7 Å². The highest BCUT2D eigenvalue weighted by atomic mass is 32.2. The molecule has 1 saturated carbocycles. The summed E-state index contributed by atoms with van der Waals surface area (Å²) in [7, 11) is -3.54. The molecule has 2 aromatic rings. The SMILES string of the molecule is O=C(NCCc1ccncc1)C1CN(S(=O)(=O)c2cccs2)CC12CCCCC2. The van der Waals surface area contributed by atoms with Crippen LogP contribution < -0.4 is 5.32 Å². The molecule has 0 aromatic carbocycles. The Bertz CT molecular complexity index is 923. The highest BCUT2D eigenvalue weighted by molar-refractivity contribution is 7.91. The molecule has 4 rings (SSSR count). The minimum Gasteiger partial charge on any atom is -0.355 e. The third-order valence-electron chi connectivity index (χ3n) is 6.33. The Morgan fingerprint density at radius 2 is 1.97 bits per heavy atom. The summed E-state index contributed by atoms with van der Waals surface area (Å²) in [4.78, 5) is 17.1. The van der Waals surface area contributed by atoms with Crippen molar-refractivity contribution in [2.75, 3.05) is 19.6 Å². The summed E-state index contributed by atoms with van der Waals surface area (Å²) in [5.74, 6) is -0.292. The first-order valence-corrected chi connectivity index (χ1v) is 12.5. The maximum absolute atomic E-state index is 13.1. The molecule has 2 aromatic heterocycles. The second kappa shape index (κ2) is 8.53. The van der Waals surface area contributed by atoms with Gasteiger partial charge in [-0.25, -0.2) is 8.42 Å². The maximum Gasteiger partial charge on any atom is 0.252 e. The van der Waals surface area contributed by atoms with Gasteiger partial charge in [0.05, 0.1) is 5.92 Å². The summed E-state index contributed by atoms with van der Waals surface area (Å²) in [5.41, 5.74) is 0.893. The van der Waals surface area contributed by atoms with Gasteiger partial charge < -0.3 is 5.32 Å². The van der Waals surface area contributed by atoms with Gasteiger partial charge in [0.1, 0.15) is 4.21 Å². The molecule has 1 aliphatic carbocycles. The average molecular weight is 434 g/mol. The molecule has 1 saturated heterocycles. The summed E-state index contributed by atoms with van der Waals surface area (Å²) in [6.07, 6.45) is 9.37. The van der Waals surface area contributed by atoms with E-state index < -0.39 is 10.0 Å². The summed E-state index contributed by atoms with van der Waals surface area (Å²) >= 11 is 1.24. The fraction of sp³-hybridized carbons (Fsp3) is 0.524. The number of nitrogens with one attached hydrogen (secondary N) is 1. The van der Waals surface area contributed by atoms with Crippen LogP contribution in [0.4, 0.5) is 0 Å². The number of nitrogens with zero attached hydrogens (tertiary/aromatic N) is 2. The number of thiophene rings is 1. The summed E-state index contributed by atoms with van der Waals surface area (Å²) < 4.78 is 28.1. The minimum atomic E-state index is -3.54.